The lowest BCUT2D eigenvalue weighted by Crippen LogP contribution is -2.42. The van der Waals surface area contributed by atoms with Gasteiger partial charge >= 0.3 is 6.09 Å². The summed E-state index contributed by atoms with van der Waals surface area (Å²) in [4.78, 5) is 29.5. The minimum Gasteiger partial charge on any atom is -0.494 e. The smallest absolute Gasteiger partial charge is 0.410 e. The highest BCUT2D eigenvalue weighted by atomic mass is 16.6. The third kappa shape index (κ3) is 4.00. The van der Waals surface area contributed by atoms with Crippen LogP contribution in [0.4, 0.5) is 10.5 Å². The molecule has 0 spiro atoms. The van der Waals surface area contributed by atoms with E-state index in [4.69, 9.17) is 9.47 Å². The molecule has 3 atom stereocenters. The summed E-state index contributed by atoms with van der Waals surface area (Å²) in [5.41, 5.74) is 3.74. The van der Waals surface area contributed by atoms with Crippen molar-refractivity contribution in [1.82, 2.24) is 9.80 Å². The van der Waals surface area contributed by atoms with Gasteiger partial charge in [-0.15, -0.1) is 0 Å². The van der Waals surface area contributed by atoms with Gasteiger partial charge in [0.15, 0.2) is 0 Å². The average molecular weight is 462 g/mol. The van der Waals surface area contributed by atoms with Gasteiger partial charge in [0.2, 0.25) is 0 Å². The summed E-state index contributed by atoms with van der Waals surface area (Å²) in [5.74, 6) is 1.04. The molecule has 3 aliphatic rings. The summed E-state index contributed by atoms with van der Waals surface area (Å²) >= 11 is 0. The molecule has 178 valence electrons. The van der Waals surface area contributed by atoms with Crippen LogP contribution in [-0.2, 0) is 4.74 Å². The summed E-state index contributed by atoms with van der Waals surface area (Å²) in [6, 6.07) is 13.8. The molecule has 2 fully saturated rings. The maximum atomic E-state index is 13.0. The van der Waals surface area contributed by atoms with Gasteiger partial charge in [-0.05, 0) is 61.2 Å². The van der Waals surface area contributed by atoms with Crippen molar-refractivity contribution in [1.29, 1.82) is 0 Å². The monoisotopic (exact) mass is 461 g/mol. The SMILES string of the molecule is C=CCOC(=O)N1CC[C@H]2C(c3ccc(OCC)cc3)Nc3ccc(C(=O)N4CCC4)cc3[C@H]21. The number of hydrogen-bond acceptors (Lipinski definition) is 5. The molecule has 5 rings (SSSR count). The lowest BCUT2D eigenvalue weighted by atomic mass is 9.79. The van der Waals surface area contributed by atoms with Crippen LogP contribution >= 0.6 is 0 Å². The van der Waals surface area contributed by atoms with Crippen LogP contribution in [-0.4, -0.2) is 54.6 Å². The molecule has 34 heavy (non-hydrogen) atoms. The molecule has 2 aromatic rings. The van der Waals surface area contributed by atoms with Crippen molar-refractivity contribution in [2.75, 3.05) is 38.2 Å². The first-order valence-electron chi connectivity index (χ1n) is 12.1. The van der Waals surface area contributed by atoms with Crippen molar-refractivity contribution in [3.8, 4) is 5.75 Å². The Balaban J connectivity index is 1.50. The fourth-order valence-corrected chi connectivity index (χ4v) is 5.30. The number of benzene rings is 2. The summed E-state index contributed by atoms with van der Waals surface area (Å²) in [6.45, 7) is 8.63. The van der Waals surface area contributed by atoms with Gasteiger partial charge in [-0.2, -0.15) is 0 Å². The molecule has 2 aromatic carbocycles. The lowest BCUT2D eigenvalue weighted by molar-refractivity contribution is 0.0651. The van der Waals surface area contributed by atoms with Gasteiger partial charge in [0.05, 0.1) is 18.7 Å². The van der Waals surface area contributed by atoms with Crippen molar-refractivity contribution >= 4 is 17.7 Å². The van der Waals surface area contributed by atoms with Crippen LogP contribution in [0.1, 0.15) is 53.3 Å². The van der Waals surface area contributed by atoms with Crippen molar-refractivity contribution < 1.29 is 19.1 Å². The maximum Gasteiger partial charge on any atom is 0.410 e. The molecule has 0 aromatic heterocycles. The second kappa shape index (κ2) is 9.41. The Labute approximate surface area is 200 Å². The molecule has 0 saturated carbocycles. The zero-order valence-corrected chi connectivity index (χ0v) is 19.5. The van der Waals surface area contributed by atoms with Gasteiger partial charge in [0.25, 0.3) is 5.91 Å². The van der Waals surface area contributed by atoms with E-state index < -0.39 is 0 Å². The summed E-state index contributed by atoms with van der Waals surface area (Å²) in [7, 11) is 0. The minimum atomic E-state index is -0.342. The number of hydrogen-bond donors (Lipinski definition) is 1. The molecule has 1 unspecified atom stereocenters. The predicted octanol–water partition coefficient (Wildman–Crippen LogP) is 4.78. The highest BCUT2D eigenvalue weighted by Crippen LogP contribution is 2.51. The van der Waals surface area contributed by atoms with E-state index in [1.807, 2.05) is 47.1 Å². The van der Waals surface area contributed by atoms with Gasteiger partial charge in [0.1, 0.15) is 12.4 Å². The fraction of sp³-hybridized carbons (Fsp3) is 0.407. The quantitative estimate of drug-likeness (QED) is 0.627. The number of carbonyl (C=O) groups excluding carboxylic acids is 2. The third-order valence-corrected chi connectivity index (χ3v) is 7.05. The second-order valence-corrected chi connectivity index (χ2v) is 9.03. The molecule has 2 amide bonds. The number of rotatable bonds is 6. The van der Waals surface area contributed by atoms with Crippen LogP contribution in [0.3, 0.4) is 0 Å². The molecule has 2 saturated heterocycles. The molecule has 7 nitrogen and oxygen atoms in total. The van der Waals surface area contributed by atoms with Crippen LogP contribution in [0, 0.1) is 5.92 Å². The highest BCUT2D eigenvalue weighted by molar-refractivity contribution is 5.95. The number of ether oxygens (including phenoxy) is 2. The lowest BCUT2D eigenvalue weighted by Gasteiger charge is -2.40. The van der Waals surface area contributed by atoms with Crippen LogP contribution < -0.4 is 10.1 Å². The zero-order valence-electron chi connectivity index (χ0n) is 19.5. The zero-order chi connectivity index (χ0) is 23.7. The Morgan fingerprint density at radius 2 is 1.94 bits per heavy atom. The first kappa shape index (κ1) is 22.3. The van der Waals surface area contributed by atoms with E-state index in [9.17, 15) is 9.59 Å². The predicted molar refractivity (Wildman–Crippen MR) is 130 cm³/mol. The van der Waals surface area contributed by atoms with E-state index >= 15 is 0 Å². The molecular formula is C27H31N3O4. The van der Waals surface area contributed by atoms with E-state index in [2.05, 4.69) is 24.0 Å². The Kier molecular flexibility index (Phi) is 6.18. The largest absolute Gasteiger partial charge is 0.494 e. The number of amides is 2. The van der Waals surface area contributed by atoms with Gasteiger partial charge in [-0.25, -0.2) is 4.79 Å². The Morgan fingerprint density at radius 1 is 1.15 bits per heavy atom. The van der Waals surface area contributed by atoms with E-state index in [0.29, 0.717) is 18.7 Å². The van der Waals surface area contributed by atoms with Crippen LogP contribution in [0.2, 0.25) is 0 Å². The van der Waals surface area contributed by atoms with Gasteiger partial charge in [0, 0.05) is 36.8 Å². The first-order chi connectivity index (χ1) is 16.6. The Morgan fingerprint density at radius 3 is 2.62 bits per heavy atom. The van der Waals surface area contributed by atoms with Gasteiger partial charge < -0.3 is 24.6 Å². The Bertz CT molecular complexity index is 1080. The van der Waals surface area contributed by atoms with Crippen molar-refractivity contribution in [2.24, 2.45) is 5.92 Å². The van der Waals surface area contributed by atoms with Gasteiger partial charge in [-0.1, -0.05) is 24.8 Å². The van der Waals surface area contributed by atoms with E-state index in [0.717, 1.165) is 48.5 Å². The van der Waals surface area contributed by atoms with Crippen LogP contribution in [0.15, 0.2) is 55.1 Å². The highest BCUT2D eigenvalue weighted by Gasteiger charge is 2.47. The van der Waals surface area contributed by atoms with Crippen LogP contribution in [0.5, 0.6) is 5.75 Å². The third-order valence-electron chi connectivity index (χ3n) is 7.05. The molecule has 3 heterocycles. The standard InChI is InChI=1S/C27H31N3O4/c1-3-16-34-27(32)30-15-12-21-24(18-6-9-20(10-7-18)33-4-2)28-23-11-8-19(17-22(23)25(21)30)26(31)29-13-5-14-29/h3,6-11,17,21,24-25,28H,1,4-5,12-16H2,2H3/t21-,24?,25-/m0/s1. The van der Waals surface area contributed by atoms with E-state index in [1.54, 1.807) is 6.08 Å². The molecule has 0 radical (unpaired) electrons. The number of nitrogens with one attached hydrogen (secondary N) is 1. The number of carbonyl (C=O) groups is 2. The number of nitrogens with zero attached hydrogens (tertiary/aromatic N) is 2. The topological polar surface area (TPSA) is 71.1 Å². The van der Waals surface area contributed by atoms with Crippen molar-refractivity contribution in [2.45, 2.75) is 31.8 Å². The van der Waals surface area contributed by atoms with Gasteiger partial charge in [-0.3, -0.25) is 4.79 Å². The summed E-state index contributed by atoms with van der Waals surface area (Å²) < 4.78 is 11.0. The maximum absolute atomic E-state index is 13.0. The van der Waals surface area contributed by atoms with E-state index in [-0.39, 0.29) is 36.6 Å². The fourth-order valence-electron chi connectivity index (χ4n) is 5.30. The van der Waals surface area contributed by atoms with E-state index in [1.165, 1.54) is 0 Å². The molecule has 0 aliphatic carbocycles. The van der Waals surface area contributed by atoms with Crippen molar-refractivity contribution in [3.63, 3.8) is 0 Å². The molecule has 3 aliphatic heterocycles. The average Bonchev–Trinajstić information content (AvgIpc) is 3.27. The van der Waals surface area contributed by atoms with Crippen molar-refractivity contribution in [3.05, 3.63) is 71.8 Å². The molecular weight excluding hydrogens is 430 g/mol. The normalized spacial score (nSPS) is 22.7. The summed E-state index contributed by atoms with van der Waals surface area (Å²) in [5, 5.41) is 3.70. The molecule has 1 N–H and O–H groups in total. The number of anilines is 1. The Hall–Kier alpha value is -3.48. The molecule has 0 bridgehead atoms. The number of fused-ring (bicyclic) bond motifs is 3. The number of likely N-dealkylation sites (tertiary alicyclic amines) is 2. The first-order valence-corrected chi connectivity index (χ1v) is 12.1. The minimum absolute atomic E-state index is 0.0299. The summed E-state index contributed by atoms with van der Waals surface area (Å²) in [6.07, 6.45) is 3.12. The second-order valence-electron chi connectivity index (χ2n) is 9.03. The van der Waals surface area contributed by atoms with Crippen LogP contribution in [0.25, 0.3) is 0 Å². The molecule has 7 heteroatoms.